The van der Waals surface area contributed by atoms with Gasteiger partial charge in [0.1, 0.15) is 0 Å². The summed E-state index contributed by atoms with van der Waals surface area (Å²) in [6.45, 7) is 6.69. The van der Waals surface area contributed by atoms with Gasteiger partial charge in [-0.1, -0.05) is 39.7 Å². The average molecular weight is 363 g/mol. The van der Waals surface area contributed by atoms with Crippen LogP contribution in [0, 0.1) is 10.8 Å². The zero-order chi connectivity index (χ0) is 19.4. The highest BCUT2D eigenvalue weighted by Gasteiger charge is 2.49. The minimum absolute atomic E-state index is 0.0162. The Balaban J connectivity index is 1.88. The highest BCUT2D eigenvalue weighted by molar-refractivity contribution is 5.77. The zero-order valence-corrected chi connectivity index (χ0v) is 16.5. The summed E-state index contributed by atoms with van der Waals surface area (Å²) in [6.07, 6.45) is 8.96. The van der Waals surface area contributed by atoms with E-state index in [0.717, 1.165) is 75.3 Å². The molecule has 0 unspecified atom stereocenters. The second-order valence-electron chi connectivity index (χ2n) is 9.13. The van der Waals surface area contributed by atoms with E-state index in [1.807, 2.05) is 6.07 Å². The van der Waals surface area contributed by atoms with E-state index in [9.17, 15) is 20.1 Å². The van der Waals surface area contributed by atoms with E-state index in [-0.39, 0.29) is 11.5 Å². The lowest BCUT2D eigenvalue weighted by Crippen LogP contribution is -2.14. The maximum absolute atomic E-state index is 11.2. The van der Waals surface area contributed by atoms with Crippen molar-refractivity contribution in [3.63, 3.8) is 0 Å². The molecule has 1 fully saturated rings. The summed E-state index contributed by atoms with van der Waals surface area (Å²) in [5, 5.41) is 29.4. The van der Waals surface area contributed by atoms with Gasteiger partial charge in [0.15, 0.2) is 11.5 Å². The van der Waals surface area contributed by atoms with E-state index in [2.05, 4.69) is 20.8 Å². The molecule has 146 valence electrons. The van der Waals surface area contributed by atoms with Crippen LogP contribution in [0.2, 0.25) is 0 Å². The summed E-state index contributed by atoms with van der Waals surface area (Å²) < 4.78 is 0. The number of aryl methyl sites for hydroxylation is 1. The molecule has 26 heavy (non-hydrogen) atoms. The number of hydrogen-bond donors (Lipinski definition) is 3. The molecule has 0 heterocycles. The lowest BCUT2D eigenvalue weighted by molar-refractivity contribution is -0.143. The number of unbranched alkanes of at least 4 members (excludes halogenated alkanes) is 2. The van der Waals surface area contributed by atoms with Crippen LogP contribution in [0.3, 0.4) is 0 Å². The fraction of sp³-hybridized carbons (Fsp3) is 0.682. The van der Waals surface area contributed by atoms with Gasteiger partial charge in [-0.3, -0.25) is 4.79 Å². The maximum Gasteiger partial charge on any atom is 0.309 e. The van der Waals surface area contributed by atoms with Gasteiger partial charge in [-0.25, -0.2) is 0 Å². The van der Waals surface area contributed by atoms with Crippen molar-refractivity contribution in [2.24, 2.45) is 10.8 Å². The fourth-order valence-corrected chi connectivity index (χ4v) is 3.64. The quantitative estimate of drug-likeness (QED) is 0.383. The minimum Gasteiger partial charge on any atom is -0.504 e. The topological polar surface area (TPSA) is 77.8 Å². The molecule has 0 aliphatic heterocycles. The molecule has 4 nitrogen and oxygen atoms in total. The highest BCUT2D eigenvalue weighted by atomic mass is 16.4. The van der Waals surface area contributed by atoms with Crippen LogP contribution in [0.5, 0.6) is 11.5 Å². The molecule has 1 saturated carbocycles. The summed E-state index contributed by atoms with van der Waals surface area (Å²) in [4.78, 5) is 11.2. The van der Waals surface area contributed by atoms with Crippen molar-refractivity contribution in [3.05, 3.63) is 23.3 Å². The molecular weight excluding hydrogens is 328 g/mol. The Hall–Kier alpha value is -1.71. The Morgan fingerprint density at radius 1 is 1.04 bits per heavy atom. The number of phenols is 2. The lowest BCUT2D eigenvalue weighted by atomic mass is 9.88. The summed E-state index contributed by atoms with van der Waals surface area (Å²) >= 11 is 0. The van der Waals surface area contributed by atoms with Crippen molar-refractivity contribution >= 4 is 5.97 Å². The van der Waals surface area contributed by atoms with Crippen LogP contribution in [0.15, 0.2) is 12.1 Å². The summed E-state index contributed by atoms with van der Waals surface area (Å²) in [7, 11) is 0. The molecule has 0 spiro atoms. The van der Waals surface area contributed by atoms with Crippen molar-refractivity contribution in [2.45, 2.75) is 85.0 Å². The van der Waals surface area contributed by atoms with Gasteiger partial charge in [-0.05, 0) is 68.4 Å². The molecule has 0 radical (unpaired) electrons. The van der Waals surface area contributed by atoms with Crippen LogP contribution in [0.4, 0.5) is 0 Å². The number of benzene rings is 1. The van der Waals surface area contributed by atoms with E-state index in [0.29, 0.717) is 5.41 Å². The SMILES string of the molecule is CC(C)(C)CCCCc1c(CCCCC2(C(=O)O)CC2)ccc(O)c1O. The smallest absolute Gasteiger partial charge is 0.309 e. The first-order chi connectivity index (χ1) is 12.1. The molecule has 0 aromatic heterocycles. The highest BCUT2D eigenvalue weighted by Crippen LogP contribution is 2.50. The Bertz CT molecular complexity index is 624. The van der Waals surface area contributed by atoms with Gasteiger partial charge in [0.05, 0.1) is 5.41 Å². The van der Waals surface area contributed by atoms with Crippen LogP contribution in [-0.2, 0) is 17.6 Å². The third kappa shape index (κ3) is 5.65. The third-order valence-electron chi connectivity index (χ3n) is 5.62. The van der Waals surface area contributed by atoms with Crippen molar-refractivity contribution in [1.29, 1.82) is 0 Å². The molecule has 0 amide bonds. The Morgan fingerprint density at radius 3 is 2.27 bits per heavy atom. The van der Waals surface area contributed by atoms with Crippen molar-refractivity contribution in [3.8, 4) is 11.5 Å². The van der Waals surface area contributed by atoms with E-state index >= 15 is 0 Å². The zero-order valence-electron chi connectivity index (χ0n) is 16.5. The molecule has 1 aromatic rings. The molecule has 0 atom stereocenters. The molecule has 0 bridgehead atoms. The minimum atomic E-state index is -0.653. The number of rotatable bonds is 10. The van der Waals surface area contributed by atoms with Crippen LogP contribution < -0.4 is 0 Å². The Morgan fingerprint density at radius 2 is 1.69 bits per heavy atom. The fourth-order valence-electron chi connectivity index (χ4n) is 3.64. The molecule has 1 aliphatic carbocycles. The van der Waals surface area contributed by atoms with Crippen LogP contribution in [0.25, 0.3) is 0 Å². The summed E-state index contributed by atoms with van der Waals surface area (Å²) in [5.74, 6) is -0.691. The lowest BCUT2D eigenvalue weighted by Gasteiger charge is -2.18. The average Bonchev–Trinajstić information content (AvgIpc) is 3.33. The molecule has 1 aliphatic rings. The molecule has 4 heteroatoms. The van der Waals surface area contributed by atoms with Crippen LogP contribution in [-0.4, -0.2) is 21.3 Å². The van der Waals surface area contributed by atoms with E-state index in [1.54, 1.807) is 6.07 Å². The van der Waals surface area contributed by atoms with Gasteiger partial charge in [0.25, 0.3) is 0 Å². The summed E-state index contributed by atoms with van der Waals surface area (Å²) in [5.41, 5.74) is 1.80. The van der Waals surface area contributed by atoms with Gasteiger partial charge in [0, 0.05) is 5.56 Å². The number of phenolic OH excluding ortho intramolecular Hbond substituents is 2. The predicted octanol–water partition coefficient (Wildman–Crippen LogP) is 5.43. The molecular formula is C22H34O4. The first-order valence-electron chi connectivity index (χ1n) is 9.91. The molecule has 2 rings (SSSR count). The number of carboxylic acids is 1. The van der Waals surface area contributed by atoms with E-state index in [1.165, 1.54) is 0 Å². The number of aliphatic carboxylic acids is 1. The first kappa shape index (κ1) is 20.6. The molecule has 0 saturated heterocycles. The Kier molecular flexibility index (Phi) is 6.59. The second-order valence-corrected chi connectivity index (χ2v) is 9.13. The number of carbonyl (C=O) groups is 1. The Labute approximate surface area is 157 Å². The normalized spacial score (nSPS) is 15.8. The number of aromatic hydroxyl groups is 2. The standard InChI is InChI=1S/C22H34O4/c1-21(2,3)12-6-5-9-17-16(10-11-18(23)19(17)24)8-4-7-13-22(14-15-22)20(25)26/h10-11,23-24H,4-9,12-15H2,1-3H3,(H,25,26). The van der Waals surface area contributed by atoms with Gasteiger partial charge in [-0.15, -0.1) is 0 Å². The van der Waals surface area contributed by atoms with Gasteiger partial charge < -0.3 is 15.3 Å². The van der Waals surface area contributed by atoms with Gasteiger partial charge >= 0.3 is 5.97 Å². The van der Waals surface area contributed by atoms with Crippen molar-refractivity contribution < 1.29 is 20.1 Å². The molecule has 1 aromatic carbocycles. The van der Waals surface area contributed by atoms with E-state index in [4.69, 9.17) is 0 Å². The summed E-state index contributed by atoms with van der Waals surface area (Å²) in [6, 6.07) is 3.46. The number of hydrogen-bond acceptors (Lipinski definition) is 3. The van der Waals surface area contributed by atoms with Crippen LogP contribution >= 0.6 is 0 Å². The monoisotopic (exact) mass is 362 g/mol. The van der Waals surface area contributed by atoms with Crippen molar-refractivity contribution in [2.75, 3.05) is 0 Å². The third-order valence-corrected chi connectivity index (χ3v) is 5.62. The van der Waals surface area contributed by atoms with Crippen LogP contribution in [0.1, 0.15) is 83.3 Å². The number of carboxylic acid groups (broad SMARTS) is 1. The predicted molar refractivity (Wildman–Crippen MR) is 104 cm³/mol. The van der Waals surface area contributed by atoms with Crippen molar-refractivity contribution in [1.82, 2.24) is 0 Å². The van der Waals surface area contributed by atoms with Gasteiger partial charge in [0.2, 0.25) is 0 Å². The largest absolute Gasteiger partial charge is 0.504 e. The van der Waals surface area contributed by atoms with Gasteiger partial charge in [-0.2, -0.15) is 0 Å². The molecule has 3 N–H and O–H groups in total. The second kappa shape index (κ2) is 8.32. The first-order valence-corrected chi connectivity index (χ1v) is 9.91. The maximum atomic E-state index is 11.2. The van der Waals surface area contributed by atoms with E-state index < -0.39 is 11.4 Å².